The monoisotopic (exact) mass is 262 g/mol. The second-order valence-electron chi connectivity index (χ2n) is 4.77. The molecule has 1 fully saturated rings. The highest BCUT2D eigenvalue weighted by Crippen LogP contribution is 2.28. The molecule has 2 heterocycles. The van der Waals surface area contributed by atoms with Gasteiger partial charge in [0.05, 0.1) is 23.1 Å². The maximum atomic E-state index is 6.05. The number of nitrogens with zero attached hydrogens (tertiary/aromatic N) is 1. The summed E-state index contributed by atoms with van der Waals surface area (Å²) >= 11 is 2.07. The van der Waals surface area contributed by atoms with Gasteiger partial charge in [-0.25, -0.2) is 0 Å². The lowest BCUT2D eigenvalue weighted by molar-refractivity contribution is 0.678. The van der Waals surface area contributed by atoms with Crippen LogP contribution in [0.3, 0.4) is 0 Å². The second kappa shape index (κ2) is 5.10. The molecule has 0 saturated carbocycles. The summed E-state index contributed by atoms with van der Waals surface area (Å²) in [6.45, 7) is 0.995. The van der Waals surface area contributed by atoms with Crippen molar-refractivity contribution in [1.29, 1.82) is 0 Å². The fourth-order valence-corrected chi connectivity index (χ4v) is 3.59. The summed E-state index contributed by atoms with van der Waals surface area (Å²) < 4.78 is 0. The molecular formula is C13H18N4S. The van der Waals surface area contributed by atoms with Crippen LogP contribution in [-0.2, 0) is 0 Å². The third-order valence-electron chi connectivity index (χ3n) is 3.40. The Hall–Kier alpha value is -1.36. The number of hydrogen-bond acceptors (Lipinski definition) is 4. The molecule has 1 aromatic heterocycles. The highest BCUT2D eigenvalue weighted by molar-refractivity contribution is 7.99. The van der Waals surface area contributed by atoms with Crippen LogP contribution in [0.25, 0.3) is 10.9 Å². The van der Waals surface area contributed by atoms with Gasteiger partial charge in [-0.2, -0.15) is 16.9 Å². The minimum atomic E-state index is 0.718. The van der Waals surface area contributed by atoms with Crippen molar-refractivity contribution >= 4 is 34.0 Å². The molecule has 4 nitrogen and oxygen atoms in total. The van der Waals surface area contributed by atoms with E-state index in [1.54, 1.807) is 6.20 Å². The number of H-pyrrole nitrogens is 1. The van der Waals surface area contributed by atoms with Gasteiger partial charge in [0.15, 0.2) is 0 Å². The quantitative estimate of drug-likeness (QED) is 0.744. The number of anilines is 2. The molecule has 0 bridgehead atoms. The van der Waals surface area contributed by atoms with Crippen LogP contribution >= 0.6 is 11.8 Å². The molecule has 4 N–H and O–H groups in total. The van der Waals surface area contributed by atoms with E-state index in [-0.39, 0.29) is 0 Å². The number of aromatic amines is 1. The van der Waals surface area contributed by atoms with Gasteiger partial charge >= 0.3 is 0 Å². The summed E-state index contributed by atoms with van der Waals surface area (Å²) in [5, 5.41) is 12.2. The first-order valence-corrected chi connectivity index (χ1v) is 7.46. The first-order chi connectivity index (χ1) is 8.83. The number of nitrogens with two attached hydrogens (primary N) is 1. The van der Waals surface area contributed by atoms with Crippen molar-refractivity contribution in [2.45, 2.75) is 24.5 Å². The summed E-state index contributed by atoms with van der Waals surface area (Å²) in [7, 11) is 0. The Morgan fingerprint density at radius 2 is 2.39 bits per heavy atom. The Kier molecular flexibility index (Phi) is 3.32. The van der Waals surface area contributed by atoms with Gasteiger partial charge in [-0.05, 0) is 30.7 Å². The number of thioether (sulfide) groups is 1. The van der Waals surface area contributed by atoms with Crippen LogP contribution in [0.15, 0.2) is 18.3 Å². The van der Waals surface area contributed by atoms with E-state index in [1.165, 1.54) is 25.0 Å². The van der Waals surface area contributed by atoms with Crippen molar-refractivity contribution < 1.29 is 0 Å². The Labute approximate surface area is 111 Å². The zero-order valence-corrected chi connectivity index (χ0v) is 11.1. The van der Waals surface area contributed by atoms with E-state index in [9.17, 15) is 0 Å². The number of nitrogen functional groups attached to an aromatic ring is 1. The summed E-state index contributed by atoms with van der Waals surface area (Å²) in [5.74, 6) is 1.29. The number of nitrogens with one attached hydrogen (secondary N) is 2. The van der Waals surface area contributed by atoms with Crippen molar-refractivity contribution in [2.75, 3.05) is 23.3 Å². The van der Waals surface area contributed by atoms with Crippen molar-refractivity contribution in [3.63, 3.8) is 0 Å². The Balaban J connectivity index is 1.71. The van der Waals surface area contributed by atoms with Crippen LogP contribution < -0.4 is 11.1 Å². The fourth-order valence-electron chi connectivity index (χ4n) is 2.35. The van der Waals surface area contributed by atoms with Gasteiger partial charge in [-0.3, -0.25) is 5.10 Å². The molecular weight excluding hydrogens is 244 g/mol. The largest absolute Gasteiger partial charge is 0.397 e. The highest BCUT2D eigenvalue weighted by Gasteiger charge is 2.14. The van der Waals surface area contributed by atoms with Gasteiger partial charge in [-0.15, -0.1) is 0 Å². The number of fused-ring (bicyclic) bond motifs is 1. The smallest absolute Gasteiger partial charge is 0.0672 e. The van der Waals surface area contributed by atoms with Crippen LogP contribution in [0.4, 0.5) is 11.4 Å². The van der Waals surface area contributed by atoms with E-state index in [2.05, 4.69) is 27.3 Å². The maximum Gasteiger partial charge on any atom is 0.0672 e. The van der Waals surface area contributed by atoms with Gasteiger partial charge < -0.3 is 11.1 Å². The van der Waals surface area contributed by atoms with E-state index < -0.39 is 0 Å². The third-order valence-corrected chi connectivity index (χ3v) is 4.80. The van der Waals surface area contributed by atoms with Crippen LogP contribution in [0, 0.1) is 0 Å². The topological polar surface area (TPSA) is 66.7 Å². The molecule has 0 radical (unpaired) electrons. The van der Waals surface area contributed by atoms with Crippen molar-refractivity contribution in [3.8, 4) is 0 Å². The first kappa shape index (κ1) is 11.7. The minimum absolute atomic E-state index is 0.718. The Bertz CT molecular complexity index is 531. The van der Waals surface area contributed by atoms with Gasteiger partial charge in [0.2, 0.25) is 0 Å². The molecule has 1 aliphatic heterocycles. The molecule has 1 aliphatic rings. The van der Waals surface area contributed by atoms with E-state index in [4.69, 9.17) is 5.73 Å². The van der Waals surface area contributed by atoms with Crippen molar-refractivity contribution in [1.82, 2.24) is 10.2 Å². The lowest BCUT2D eigenvalue weighted by Crippen LogP contribution is -2.20. The SMILES string of the molecule is Nc1cc2cn[nH]c2cc1NCC1CCCCS1. The summed E-state index contributed by atoms with van der Waals surface area (Å²) in [5.41, 5.74) is 8.89. The predicted molar refractivity (Wildman–Crippen MR) is 79.1 cm³/mol. The lowest BCUT2D eigenvalue weighted by Gasteiger charge is -2.22. The molecule has 3 rings (SSSR count). The molecule has 2 aromatic rings. The van der Waals surface area contributed by atoms with E-state index >= 15 is 0 Å². The molecule has 5 heteroatoms. The normalized spacial score (nSPS) is 20.1. The average molecular weight is 262 g/mol. The van der Waals surface area contributed by atoms with E-state index in [0.717, 1.165) is 34.1 Å². The second-order valence-corrected chi connectivity index (χ2v) is 6.17. The highest BCUT2D eigenvalue weighted by atomic mass is 32.2. The number of rotatable bonds is 3. The summed E-state index contributed by atoms with van der Waals surface area (Å²) in [4.78, 5) is 0. The molecule has 1 aromatic carbocycles. The van der Waals surface area contributed by atoms with E-state index in [1.807, 2.05) is 12.1 Å². The van der Waals surface area contributed by atoms with Gasteiger partial charge in [0.1, 0.15) is 0 Å². The number of benzene rings is 1. The van der Waals surface area contributed by atoms with Crippen molar-refractivity contribution in [2.24, 2.45) is 0 Å². The Morgan fingerprint density at radius 1 is 1.44 bits per heavy atom. The van der Waals surface area contributed by atoms with Crippen LogP contribution in [0.5, 0.6) is 0 Å². The predicted octanol–water partition coefficient (Wildman–Crippen LogP) is 2.84. The lowest BCUT2D eigenvalue weighted by atomic mass is 10.1. The maximum absolute atomic E-state index is 6.05. The molecule has 18 heavy (non-hydrogen) atoms. The molecule has 0 amide bonds. The minimum Gasteiger partial charge on any atom is -0.397 e. The first-order valence-electron chi connectivity index (χ1n) is 6.41. The third kappa shape index (κ3) is 2.41. The summed E-state index contributed by atoms with van der Waals surface area (Å²) in [6, 6.07) is 4.01. The van der Waals surface area contributed by atoms with Gasteiger partial charge in [0, 0.05) is 17.2 Å². The Morgan fingerprint density at radius 3 is 3.22 bits per heavy atom. The molecule has 0 aliphatic carbocycles. The van der Waals surface area contributed by atoms with Crippen molar-refractivity contribution in [3.05, 3.63) is 18.3 Å². The standard InChI is InChI=1S/C13H18N4S/c14-11-5-9-7-16-17-12(9)6-13(11)15-8-10-3-1-2-4-18-10/h5-7,10,15H,1-4,8,14H2,(H,16,17). The molecule has 1 atom stereocenters. The van der Waals surface area contributed by atoms with Crippen LogP contribution in [-0.4, -0.2) is 27.7 Å². The van der Waals surface area contributed by atoms with Gasteiger partial charge in [-0.1, -0.05) is 6.42 Å². The fraction of sp³-hybridized carbons (Fsp3) is 0.462. The molecule has 96 valence electrons. The number of hydrogen-bond donors (Lipinski definition) is 3. The average Bonchev–Trinajstić information content (AvgIpc) is 2.84. The molecule has 1 saturated heterocycles. The van der Waals surface area contributed by atoms with E-state index in [0.29, 0.717) is 0 Å². The van der Waals surface area contributed by atoms with Crippen LogP contribution in [0.2, 0.25) is 0 Å². The van der Waals surface area contributed by atoms with Crippen LogP contribution in [0.1, 0.15) is 19.3 Å². The number of aromatic nitrogens is 2. The zero-order valence-electron chi connectivity index (χ0n) is 10.3. The molecule has 1 unspecified atom stereocenters. The summed E-state index contributed by atoms with van der Waals surface area (Å²) in [6.07, 6.45) is 5.83. The zero-order chi connectivity index (χ0) is 12.4. The molecule has 0 spiro atoms. The van der Waals surface area contributed by atoms with Gasteiger partial charge in [0.25, 0.3) is 0 Å².